The molecule has 1 aromatic carbocycles. The lowest BCUT2D eigenvalue weighted by molar-refractivity contribution is -0.123. The number of carbonyl (C=O) groups is 2. The van der Waals surface area contributed by atoms with Gasteiger partial charge in [-0.05, 0) is 37.7 Å². The van der Waals surface area contributed by atoms with Gasteiger partial charge in [0.25, 0.3) is 0 Å². The molecule has 0 aromatic heterocycles. The van der Waals surface area contributed by atoms with Gasteiger partial charge in [-0.3, -0.25) is 4.79 Å². The zero-order valence-corrected chi connectivity index (χ0v) is 13.5. The zero-order chi connectivity index (χ0) is 16.5. The maximum Gasteiger partial charge on any atom is 0.407 e. The molecule has 1 saturated carbocycles. The first-order valence-electron chi connectivity index (χ1n) is 8.30. The Balaban J connectivity index is 1.66. The van der Waals surface area contributed by atoms with Gasteiger partial charge in [-0.1, -0.05) is 36.4 Å². The highest BCUT2D eigenvalue weighted by molar-refractivity contribution is 5.81. The van der Waals surface area contributed by atoms with Gasteiger partial charge in [0.15, 0.2) is 0 Å². The van der Waals surface area contributed by atoms with Gasteiger partial charge < -0.3 is 10.1 Å². The van der Waals surface area contributed by atoms with E-state index in [2.05, 4.69) is 11.9 Å². The van der Waals surface area contributed by atoms with Crippen molar-refractivity contribution in [3.8, 4) is 0 Å². The quantitative estimate of drug-likeness (QED) is 0.774. The van der Waals surface area contributed by atoms with Crippen molar-refractivity contribution in [2.24, 2.45) is 5.92 Å². The van der Waals surface area contributed by atoms with E-state index in [-0.39, 0.29) is 24.7 Å². The molecule has 0 spiro atoms. The molecule has 0 bridgehead atoms. The highest BCUT2D eigenvalue weighted by Crippen LogP contribution is 2.26. The number of amides is 1. The molecule has 0 atom stereocenters. The second kappa shape index (κ2) is 9.13. The summed E-state index contributed by atoms with van der Waals surface area (Å²) in [5.74, 6) is 0.475. The van der Waals surface area contributed by atoms with E-state index in [9.17, 15) is 9.59 Å². The lowest BCUT2D eigenvalue weighted by Gasteiger charge is -2.28. The molecule has 0 saturated heterocycles. The van der Waals surface area contributed by atoms with Gasteiger partial charge in [0.05, 0.1) is 0 Å². The van der Waals surface area contributed by atoms with Gasteiger partial charge in [-0.15, -0.1) is 6.58 Å². The topological polar surface area (TPSA) is 55.4 Å². The van der Waals surface area contributed by atoms with Crippen molar-refractivity contribution in [1.29, 1.82) is 0 Å². The predicted octanol–water partition coefficient (Wildman–Crippen LogP) is 4.01. The SMILES string of the molecule is C=CCCC(=O)[C@H]1CC[C@@H](NC(=O)OCc2ccccc2)CC1. The summed E-state index contributed by atoms with van der Waals surface area (Å²) in [6.07, 6.45) is 6.12. The number of ketones is 1. The highest BCUT2D eigenvalue weighted by atomic mass is 16.5. The second-order valence-electron chi connectivity index (χ2n) is 6.05. The van der Waals surface area contributed by atoms with Crippen LogP contribution in [-0.4, -0.2) is 17.9 Å². The summed E-state index contributed by atoms with van der Waals surface area (Å²) in [6, 6.07) is 9.73. The Hall–Kier alpha value is -2.10. The molecule has 0 radical (unpaired) electrons. The third kappa shape index (κ3) is 5.89. The summed E-state index contributed by atoms with van der Waals surface area (Å²) in [5.41, 5.74) is 0.971. The maximum absolute atomic E-state index is 12.0. The molecule has 0 aliphatic heterocycles. The zero-order valence-electron chi connectivity index (χ0n) is 13.5. The van der Waals surface area contributed by atoms with Crippen LogP contribution in [0.2, 0.25) is 0 Å². The molecule has 2 rings (SSSR count). The van der Waals surface area contributed by atoms with Crippen LogP contribution in [0, 0.1) is 5.92 Å². The molecule has 1 aliphatic carbocycles. The van der Waals surface area contributed by atoms with E-state index in [1.165, 1.54) is 0 Å². The van der Waals surface area contributed by atoms with E-state index < -0.39 is 0 Å². The summed E-state index contributed by atoms with van der Waals surface area (Å²) < 4.78 is 5.23. The number of ether oxygens (including phenoxy) is 1. The fourth-order valence-electron chi connectivity index (χ4n) is 2.94. The average molecular weight is 315 g/mol. The Kier molecular flexibility index (Phi) is 6.85. The first-order chi connectivity index (χ1) is 11.2. The van der Waals surface area contributed by atoms with E-state index >= 15 is 0 Å². The van der Waals surface area contributed by atoms with Crippen LogP contribution < -0.4 is 5.32 Å². The van der Waals surface area contributed by atoms with Crippen LogP contribution in [0.25, 0.3) is 0 Å². The van der Waals surface area contributed by atoms with E-state index in [1.54, 1.807) is 6.08 Å². The Labute approximate surface area is 137 Å². The number of rotatable bonds is 7. The molecule has 1 aromatic rings. The fourth-order valence-corrected chi connectivity index (χ4v) is 2.94. The van der Waals surface area contributed by atoms with Crippen molar-refractivity contribution in [2.45, 2.75) is 51.2 Å². The lowest BCUT2D eigenvalue weighted by Crippen LogP contribution is -2.39. The molecule has 1 N–H and O–H groups in total. The van der Waals surface area contributed by atoms with Gasteiger partial charge >= 0.3 is 6.09 Å². The Morgan fingerprint density at radius 1 is 1.17 bits per heavy atom. The van der Waals surface area contributed by atoms with Crippen molar-refractivity contribution in [3.63, 3.8) is 0 Å². The van der Waals surface area contributed by atoms with Crippen LogP contribution in [0.1, 0.15) is 44.1 Å². The standard InChI is InChI=1S/C19H25NO3/c1-2-3-9-18(21)16-10-12-17(13-11-16)20-19(22)23-14-15-7-5-4-6-8-15/h2,4-8,16-17H,1,3,9-14H2,(H,20,22)/t16-,17+. The summed E-state index contributed by atoms with van der Waals surface area (Å²) >= 11 is 0. The highest BCUT2D eigenvalue weighted by Gasteiger charge is 2.26. The number of benzene rings is 1. The van der Waals surface area contributed by atoms with Gasteiger partial charge in [0.1, 0.15) is 12.4 Å². The molecule has 124 valence electrons. The molecule has 1 aliphatic rings. The Bertz CT molecular complexity index is 519. The van der Waals surface area contributed by atoms with E-state index in [0.29, 0.717) is 12.2 Å². The Morgan fingerprint density at radius 2 is 1.87 bits per heavy atom. The van der Waals surface area contributed by atoms with Gasteiger partial charge in [0.2, 0.25) is 0 Å². The molecule has 4 nitrogen and oxygen atoms in total. The molecule has 0 heterocycles. The predicted molar refractivity (Wildman–Crippen MR) is 89.9 cm³/mol. The number of hydrogen-bond donors (Lipinski definition) is 1. The van der Waals surface area contributed by atoms with Crippen molar-refractivity contribution in [2.75, 3.05) is 0 Å². The average Bonchev–Trinajstić information content (AvgIpc) is 2.59. The monoisotopic (exact) mass is 315 g/mol. The maximum atomic E-state index is 12.0. The number of allylic oxidation sites excluding steroid dienone is 1. The second-order valence-corrected chi connectivity index (χ2v) is 6.05. The number of alkyl carbamates (subject to hydrolysis) is 1. The van der Waals surface area contributed by atoms with Crippen LogP contribution in [0.4, 0.5) is 4.79 Å². The number of hydrogen-bond acceptors (Lipinski definition) is 3. The Morgan fingerprint density at radius 3 is 2.52 bits per heavy atom. The normalized spacial score (nSPS) is 20.5. The van der Waals surface area contributed by atoms with Crippen LogP contribution in [0.15, 0.2) is 43.0 Å². The van der Waals surface area contributed by atoms with Gasteiger partial charge in [-0.2, -0.15) is 0 Å². The van der Waals surface area contributed by atoms with E-state index in [0.717, 1.165) is 37.7 Å². The minimum Gasteiger partial charge on any atom is -0.445 e. The third-order valence-electron chi connectivity index (χ3n) is 4.31. The largest absolute Gasteiger partial charge is 0.445 e. The van der Waals surface area contributed by atoms with Gasteiger partial charge in [0, 0.05) is 18.4 Å². The number of carbonyl (C=O) groups excluding carboxylic acids is 2. The van der Waals surface area contributed by atoms with Crippen LogP contribution in [0.3, 0.4) is 0 Å². The number of nitrogens with one attached hydrogen (secondary N) is 1. The van der Waals surface area contributed by atoms with E-state index in [1.807, 2.05) is 30.3 Å². The fraction of sp³-hybridized carbons (Fsp3) is 0.474. The van der Waals surface area contributed by atoms with Crippen molar-refractivity contribution in [3.05, 3.63) is 48.6 Å². The summed E-state index contributed by atoms with van der Waals surface area (Å²) in [7, 11) is 0. The minimum atomic E-state index is -0.379. The van der Waals surface area contributed by atoms with Crippen molar-refractivity contribution in [1.82, 2.24) is 5.32 Å². The van der Waals surface area contributed by atoms with Crippen molar-refractivity contribution >= 4 is 11.9 Å². The van der Waals surface area contributed by atoms with E-state index in [4.69, 9.17) is 4.74 Å². The summed E-state index contributed by atoms with van der Waals surface area (Å²) in [4.78, 5) is 23.8. The van der Waals surface area contributed by atoms with Crippen LogP contribution in [0.5, 0.6) is 0 Å². The molecule has 1 fully saturated rings. The molecule has 0 unspecified atom stereocenters. The van der Waals surface area contributed by atoms with Crippen LogP contribution >= 0.6 is 0 Å². The van der Waals surface area contributed by atoms with Crippen molar-refractivity contribution < 1.29 is 14.3 Å². The molecule has 1 amide bonds. The first kappa shape index (κ1) is 17.3. The summed E-state index contributed by atoms with van der Waals surface area (Å²) in [6.45, 7) is 3.93. The molecular weight excluding hydrogens is 290 g/mol. The lowest BCUT2D eigenvalue weighted by atomic mass is 9.82. The van der Waals surface area contributed by atoms with Crippen LogP contribution in [-0.2, 0) is 16.1 Å². The third-order valence-corrected chi connectivity index (χ3v) is 4.31. The van der Waals surface area contributed by atoms with Gasteiger partial charge in [-0.25, -0.2) is 4.79 Å². The summed E-state index contributed by atoms with van der Waals surface area (Å²) in [5, 5.41) is 2.90. The smallest absolute Gasteiger partial charge is 0.407 e. The first-order valence-corrected chi connectivity index (χ1v) is 8.30. The molecule has 4 heteroatoms. The number of Topliss-reactive ketones (excluding diaryl/α,β-unsaturated/α-hetero) is 1. The molecular formula is C19H25NO3. The minimum absolute atomic E-state index is 0.113. The molecule has 23 heavy (non-hydrogen) atoms.